The van der Waals surface area contributed by atoms with E-state index in [-0.39, 0.29) is 17.5 Å². The molecule has 0 saturated carbocycles. The van der Waals surface area contributed by atoms with Crippen LogP contribution in [0.25, 0.3) is 0 Å². The Balaban J connectivity index is 2.80. The van der Waals surface area contributed by atoms with Crippen molar-refractivity contribution in [3.8, 4) is 11.8 Å². The third kappa shape index (κ3) is 4.87. The van der Waals surface area contributed by atoms with Gasteiger partial charge < -0.3 is 11.1 Å². The van der Waals surface area contributed by atoms with Gasteiger partial charge in [-0.15, -0.1) is 0 Å². The molecule has 0 atom stereocenters. The number of carbonyl (C=O) groups is 1. The Kier molecular flexibility index (Phi) is 5.92. The Morgan fingerprint density at radius 3 is 2.62 bits per heavy atom. The topological polar surface area (TPSA) is 55.1 Å². The number of hydrogen-bond donors (Lipinski definition) is 2. The number of hydrogen-bond acceptors (Lipinski definition) is 2. The summed E-state index contributed by atoms with van der Waals surface area (Å²) in [5.41, 5.74) is 5.77. The van der Waals surface area contributed by atoms with E-state index in [1.54, 1.807) is 6.07 Å². The number of benzene rings is 1. The van der Waals surface area contributed by atoms with Crippen LogP contribution < -0.4 is 11.1 Å². The number of nitrogens with two attached hydrogens (primary N) is 1. The second-order valence-corrected chi connectivity index (χ2v) is 6.03. The number of halogens is 1. The zero-order valence-corrected chi connectivity index (χ0v) is 13.1. The largest absolute Gasteiger partial charge is 0.351 e. The molecular formula is C17H23FN2O. The minimum atomic E-state index is -0.571. The number of nitrogens with one attached hydrogen (secondary N) is 1. The van der Waals surface area contributed by atoms with Gasteiger partial charge in [-0.1, -0.05) is 39.5 Å². The molecule has 0 spiro atoms. The van der Waals surface area contributed by atoms with Crippen molar-refractivity contribution in [2.45, 2.75) is 27.7 Å². The molecule has 0 aliphatic carbocycles. The van der Waals surface area contributed by atoms with Gasteiger partial charge in [0.25, 0.3) is 5.91 Å². The molecule has 3 N–H and O–H groups in total. The molecule has 0 aliphatic rings. The molecule has 0 unspecified atom stereocenters. The number of amides is 1. The molecule has 0 bridgehead atoms. The third-order valence-electron chi connectivity index (χ3n) is 3.82. The fourth-order valence-corrected chi connectivity index (χ4v) is 1.54. The summed E-state index contributed by atoms with van der Waals surface area (Å²) >= 11 is 0. The van der Waals surface area contributed by atoms with Crippen LogP contribution in [0.5, 0.6) is 0 Å². The van der Waals surface area contributed by atoms with Gasteiger partial charge in [0.05, 0.1) is 12.1 Å². The second-order valence-electron chi connectivity index (χ2n) is 6.03. The molecule has 1 aromatic carbocycles. The molecule has 0 radical (unpaired) electrons. The molecular weight excluding hydrogens is 267 g/mol. The van der Waals surface area contributed by atoms with Gasteiger partial charge in [0.15, 0.2) is 0 Å². The standard InChI is InChI=1S/C17H23FN2O/c1-12(2)17(3,4)11-20-16(21)14-8-7-13(6-5-9-19)10-15(14)18/h7-8,10,12H,9,11,19H2,1-4H3,(H,20,21). The van der Waals surface area contributed by atoms with E-state index < -0.39 is 11.7 Å². The van der Waals surface area contributed by atoms with Crippen molar-refractivity contribution in [2.75, 3.05) is 13.1 Å². The summed E-state index contributed by atoms with van der Waals surface area (Å²) in [5.74, 6) is 4.82. The third-order valence-corrected chi connectivity index (χ3v) is 3.82. The van der Waals surface area contributed by atoms with Crippen LogP contribution >= 0.6 is 0 Å². The zero-order valence-electron chi connectivity index (χ0n) is 13.1. The molecule has 0 heterocycles. The van der Waals surface area contributed by atoms with Crippen LogP contribution in [-0.2, 0) is 0 Å². The van der Waals surface area contributed by atoms with Gasteiger partial charge in [-0.05, 0) is 29.5 Å². The van der Waals surface area contributed by atoms with Gasteiger partial charge in [0.1, 0.15) is 5.82 Å². The Morgan fingerprint density at radius 1 is 1.43 bits per heavy atom. The lowest BCUT2D eigenvalue weighted by Crippen LogP contribution is -2.37. The average Bonchev–Trinajstić information content (AvgIpc) is 2.42. The van der Waals surface area contributed by atoms with Gasteiger partial charge in [0.2, 0.25) is 0 Å². The lowest BCUT2D eigenvalue weighted by Gasteiger charge is -2.29. The van der Waals surface area contributed by atoms with Crippen LogP contribution in [0.15, 0.2) is 18.2 Å². The molecule has 0 aromatic heterocycles. The van der Waals surface area contributed by atoms with E-state index in [1.807, 2.05) is 0 Å². The van der Waals surface area contributed by atoms with Gasteiger partial charge in [-0.25, -0.2) is 4.39 Å². The molecule has 0 aliphatic heterocycles. The zero-order chi connectivity index (χ0) is 16.0. The number of carbonyl (C=O) groups excluding carboxylic acids is 1. The summed E-state index contributed by atoms with van der Waals surface area (Å²) in [4.78, 5) is 12.1. The van der Waals surface area contributed by atoms with Crippen molar-refractivity contribution in [3.05, 3.63) is 35.1 Å². The molecule has 0 saturated heterocycles. The fraction of sp³-hybridized carbons (Fsp3) is 0.471. The highest BCUT2D eigenvalue weighted by molar-refractivity contribution is 5.94. The monoisotopic (exact) mass is 290 g/mol. The van der Waals surface area contributed by atoms with Crippen LogP contribution in [0.3, 0.4) is 0 Å². The van der Waals surface area contributed by atoms with E-state index in [1.165, 1.54) is 12.1 Å². The highest BCUT2D eigenvalue weighted by atomic mass is 19.1. The van der Waals surface area contributed by atoms with Gasteiger partial charge in [-0.2, -0.15) is 0 Å². The maximum atomic E-state index is 13.9. The van der Waals surface area contributed by atoms with E-state index in [0.29, 0.717) is 18.0 Å². The van der Waals surface area contributed by atoms with Crippen LogP contribution in [0.2, 0.25) is 0 Å². The summed E-state index contributed by atoms with van der Waals surface area (Å²) in [5, 5.41) is 2.79. The first kappa shape index (κ1) is 17.2. The van der Waals surface area contributed by atoms with Gasteiger partial charge in [0, 0.05) is 12.1 Å². The first-order chi connectivity index (χ1) is 9.77. The Hall–Kier alpha value is -1.86. The predicted octanol–water partition coefficient (Wildman–Crippen LogP) is 2.55. The summed E-state index contributed by atoms with van der Waals surface area (Å²) in [6.07, 6.45) is 0. The summed E-state index contributed by atoms with van der Waals surface area (Å²) in [6.45, 7) is 9.04. The van der Waals surface area contributed by atoms with Gasteiger partial charge in [-0.3, -0.25) is 4.79 Å². The van der Waals surface area contributed by atoms with Crippen LogP contribution in [0, 0.1) is 29.0 Å². The SMILES string of the molecule is CC(C)C(C)(C)CNC(=O)c1ccc(C#CCN)cc1F. The molecule has 21 heavy (non-hydrogen) atoms. The Bertz CT molecular complexity index is 568. The predicted molar refractivity (Wildman–Crippen MR) is 83.3 cm³/mol. The lowest BCUT2D eigenvalue weighted by molar-refractivity contribution is 0.0920. The maximum Gasteiger partial charge on any atom is 0.254 e. The maximum absolute atomic E-state index is 13.9. The van der Waals surface area contributed by atoms with Crippen LogP contribution in [0.4, 0.5) is 4.39 Å². The van der Waals surface area contributed by atoms with E-state index in [9.17, 15) is 9.18 Å². The summed E-state index contributed by atoms with van der Waals surface area (Å²) in [7, 11) is 0. The van der Waals surface area contributed by atoms with E-state index in [4.69, 9.17) is 5.73 Å². The highest BCUT2D eigenvalue weighted by Crippen LogP contribution is 2.24. The van der Waals surface area contributed by atoms with Crippen LogP contribution in [-0.4, -0.2) is 19.0 Å². The number of rotatable bonds is 4. The van der Waals surface area contributed by atoms with Crippen molar-refractivity contribution in [1.82, 2.24) is 5.32 Å². The molecule has 1 aromatic rings. The van der Waals surface area contributed by atoms with E-state index in [2.05, 4.69) is 44.9 Å². The molecule has 1 amide bonds. The average molecular weight is 290 g/mol. The van der Waals surface area contributed by atoms with Crippen molar-refractivity contribution in [1.29, 1.82) is 0 Å². The Morgan fingerprint density at radius 2 is 2.10 bits per heavy atom. The minimum Gasteiger partial charge on any atom is -0.351 e. The molecule has 3 nitrogen and oxygen atoms in total. The quantitative estimate of drug-likeness (QED) is 0.837. The van der Waals surface area contributed by atoms with Crippen molar-refractivity contribution in [2.24, 2.45) is 17.1 Å². The molecule has 0 fully saturated rings. The van der Waals surface area contributed by atoms with Crippen molar-refractivity contribution < 1.29 is 9.18 Å². The van der Waals surface area contributed by atoms with E-state index >= 15 is 0 Å². The normalized spacial score (nSPS) is 11.0. The van der Waals surface area contributed by atoms with Crippen molar-refractivity contribution in [3.63, 3.8) is 0 Å². The Labute approximate surface area is 126 Å². The highest BCUT2D eigenvalue weighted by Gasteiger charge is 2.23. The van der Waals surface area contributed by atoms with Crippen LogP contribution in [0.1, 0.15) is 43.6 Å². The summed E-state index contributed by atoms with van der Waals surface area (Å²) in [6, 6.07) is 4.33. The van der Waals surface area contributed by atoms with E-state index in [0.717, 1.165) is 0 Å². The van der Waals surface area contributed by atoms with Gasteiger partial charge >= 0.3 is 0 Å². The molecule has 1 rings (SSSR count). The second kappa shape index (κ2) is 7.24. The van der Waals surface area contributed by atoms with Crippen molar-refractivity contribution >= 4 is 5.91 Å². The fourth-order valence-electron chi connectivity index (χ4n) is 1.54. The summed E-state index contributed by atoms with van der Waals surface area (Å²) < 4.78 is 13.9. The first-order valence-corrected chi connectivity index (χ1v) is 7.04. The first-order valence-electron chi connectivity index (χ1n) is 7.04. The molecule has 4 heteroatoms. The minimum absolute atomic E-state index is 0.0351. The molecule has 114 valence electrons. The lowest BCUT2D eigenvalue weighted by atomic mass is 9.81. The smallest absolute Gasteiger partial charge is 0.254 e.